The number of aromatic nitrogens is 3. The maximum absolute atomic E-state index is 4.42. The van der Waals surface area contributed by atoms with Crippen molar-refractivity contribution in [2.24, 2.45) is 13.0 Å². The largest absolute Gasteiger partial charge is 0.309 e. The summed E-state index contributed by atoms with van der Waals surface area (Å²) >= 11 is 7.96. The molecule has 0 saturated heterocycles. The van der Waals surface area contributed by atoms with Gasteiger partial charge in [0.15, 0.2) is 5.16 Å². The maximum Gasteiger partial charge on any atom is 0.187 e. The van der Waals surface area contributed by atoms with Crippen LogP contribution < -0.4 is 0 Å². The first-order valence-electron chi connectivity index (χ1n) is 6.88. The molecule has 0 radical (unpaired) electrons. The van der Waals surface area contributed by atoms with Crippen LogP contribution in [0.3, 0.4) is 0 Å². The highest BCUT2D eigenvalue weighted by atomic mass is 79.9. The fourth-order valence-corrected chi connectivity index (χ4v) is 3.66. The van der Waals surface area contributed by atoms with E-state index >= 15 is 0 Å². The zero-order chi connectivity index (χ0) is 14.3. The van der Waals surface area contributed by atoms with Crippen LogP contribution in [0.25, 0.3) is 0 Å². The molecule has 2 aromatic rings. The summed E-state index contributed by atoms with van der Waals surface area (Å²) < 4.78 is 3.11. The molecule has 0 spiro atoms. The molecule has 1 aromatic carbocycles. The van der Waals surface area contributed by atoms with Gasteiger partial charge >= 0.3 is 0 Å². The summed E-state index contributed by atoms with van der Waals surface area (Å²) in [5, 5.41) is 9.22. The molecule has 3 rings (SSSR count). The summed E-state index contributed by atoms with van der Waals surface area (Å²) in [6.45, 7) is 2.29. The van der Waals surface area contributed by atoms with Crippen molar-refractivity contribution in [3.63, 3.8) is 0 Å². The third-order valence-corrected chi connectivity index (χ3v) is 5.55. The van der Waals surface area contributed by atoms with Gasteiger partial charge in [-0.15, -0.1) is 22.8 Å². The number of nitrogens with zero attached hydrogens (tertiary/aromatic N) is 3. The number of thiol groups is 1. The summed E-state index contributed by atoms with van der Waals surface area (Å²) in [5.74, 6) is 1.62. The Hall–Kier alpha value is -0.810. The molecule has 1 atom stereocenters. The normalized spacial score (nSPS) is 18.6. The molecule has 1 heterocycles. The van der Waals surface area contributed by atoms with Gasteiger partial charge in [-0.3, -0.25) is 0 Å². The van der Waals surface area contributed by atoms with Gasteiger partial charge < -0.3 is 4.57 Å². The zero-order valence-corrected chi connectivity index (χ0v) is 14.2. The molecule has 1 aliphatic rings. The van der Waals surface area contributed by atoms with E-state index < -0.39 is 0 Å². The second kappa shape index (κ2) is 5.19. The van der Waals surface area contributed by atoms with E-state index in [1.165, 1.54) is 24.8 Å². The molecule has 1 fully saturated rings. The lowest BCUT2D eigenvalue weighted by Gasteiger charge is -2.42. The van der Waals surface area contributed by atoms with Crippen LogP contribution in [-0.4, -0.2) is 14.8 Å². The van der Waals surface area contributed by atoms with E-state index in [2.05, 4.69) is 69.9 Å². The van der Waals surface area contributed by atoms with Crippen molar-refractivity contribution in [2.75, 3.05) is 0 Å². The van der Waals surface area contributed by atoms with Crippen molar-refractivity contribution in [3.05, 3.63) is 40.1 Å². The van der Waals surface area contributed by atoms with Crippen molar-refractivity contribution >= 4 is 28.6 Å². The third-order valence-electron chi connectivity index (χ3n) is 4.66. The Morgan fingerprint density at radius 1 is 1.35 bits per heavy atom. The number of halogens is 1. The Balaban J connectivity index is 2.16. The Labute approximate surface area is 133 Å². The summed E-state index contributed by atoms with van der Waals surface area (Å²) in [6.07, 6.45) is 3.80. The number of hydrogen-bond acceptors (Lipinski definition) is 3. The molecular formula is C15H18BrN3S. The minimum Gasteiger partial charge on any atom is -0.309 e. The van der Waals surface area contributed by atoms with Crippen LogP contribution in [0.5, 0.6) is 0 Å². The third kappa shape index (κ3) is 2.11. The monoisotopic (exact) mass is 351 g/mol. The van der Waals surface area contributed by atoms with Crippen LogP contribution in [0, 0.1) is 5.92 Å². The molecule has 106 valence electrons. The second-order valence-corrected chi connectivity index (χ2v) is 7.04. The van der Waals surface area contributed by atoms with Gasteiger partial charge in [0.05, 0.1) is 5.41 Å². The van der Waals surface area contributed by atoms with E-state index in [0.29, 0.717) is 11.1 Å². The Morgan fingerprint density at radius 2 is 2.10 bits per heavy atom. The Bertz CT molecular complexity index is 636. The van der Waals surface area contributed by atoms with E-state index in [9.17, 15) is 0 Å². The highest BCUT2D eigenvalue weighted by Crippen LogP contribution is 2.48. The lowest BCUT2D eigenvalue weighted by Crippen LogP contribution is -2.39. The Kier molecular flexibility index (Phi) is 3.67. The maximum atomic E-state index is 4.42. The average Bonchev–Trinajstić information content (AvgIpc) is 2.68. The average molecular weight is 352 g/mol. The summed E-state index contributed by atoms with van der Waals surface area (Å²) in [7, 11) is 1.99. The van der Waals surface area contributed by atoms with Gasteiger partial charge in [0.1, 0.15) is 5.82 Å². The van der Waals surface area contributed by atoms with Crippen LogP contribution in [0.2, 0.25) is 0 Å². The molecule has 20 heavy (non-hydrogen) atoms. The molecule has 1 aromatic heterocycles. The zero-order valence-electron chi connectivity index (χ0n) is 11.7. The first kappa shape index (κ1) is 14.1. The topological polar surface area (TPSA) is 30.7 Å². The quantitative estimate of drug-likeness (QED) is 0.848. The first-order chi connectivity index (χ1) is 9.53. The van der Waals surface area contributed by atoms with Gasteiger partial charge in [-0.2, -0.15) is 0 Å². The molecule has 3 nitrogen and oxygen atoms in total. The highest BCUT2D eigenvalue weighted by molar-refractivity contribution is 9.10. The summed E-state index contributed by atoms with van der Waals surface area (Å²) in [5.41, 5.74) is 1.19. The van der Waals surface area contributed by atoms with Gasteiger partial charge in [0, 0.05) is 11.5 Å². The molecule has 5 heteroatoms. The van der Waals surface area contributed by atoms with Crippen LogP contribution in [-0.2, 0) is 12.5 Å². The van der Waals surface area contributed by atoms with Crippen molar-refractivity contribution in [3.8, 4) is 0 Å². The molecule has 0 aliphatic heterocycles. The second-order valence-electron chi connectivity index (χ2n) is 5.72. The first-order valence-corrected chi connectivity index (χ1v) is 8.12. The van der Waals surface area contributed by atoms with Crippen LogP contribution in [0.15, 0.2) is 33.9 Å². The van der Waals surface area contributed by atoms with Gasteiger partial charge in [0.2, 0.25) is 0 Å². The van der Waals surface area contributed by atoms with Crippen LogP contribution >= 0.6 is 28.6 Å². The lowest BCUT2D eigenvalue weighted by atomic mass is 9.62. The van der Waals surface area contributed by atoms with Gasteiger partial charge in [-0.1, -0.05) is 34.5 Å². The molecule has 0 N–H and O–H groups in total. The number of rotatable bonds is 3. The molecule has 0 amide bonds. The molecule has 0 bridgehead atoms. The fourth-order valence-electron chi connectivity index (χ4n) is 3.12. The number of hydrogen-bond donors (Lipinski definition) is 1. The number of benzene rings is 1. The van der Waals surface area contributed by atoms with E-state index in [1.807, 2.05) is 11.6 Å². The molecule has 1 saturated carbocycles. The standard InChI is InChI=1S/C15H18BrN3S/c1-15(10-5-3-6-10,11-7-4-8-12(16)9-11)13-17-18-14(20)19(13)2/h4,7-10H,3,5-6H2,1-2H3,(H,18,20). The molecule has 1 unspecified atom stereocenters. The van der Waals surface area contributed by atoms with Gasteiger partial charge in [0.25, 0.3) is 0 Å². The van der Waals surface area contributed by atoms with E-state index in [4.69, 9.17) is 0 Å². The van der Waals surface area contributed by atoms with E-state index in [0.717, 1.165) is 10.3 Å². The predicted octanol–water partition coefficient (Wildman–Crippen LogP) is 3.97. The van der Waals surface area contributed by atoms with Crippen LogP contribution in [0.1, 0.15) is 37.6 Å². The summed E-state index contributed by atoms with van der Waals surface area (Å²) in [4.78, 5) is 0. The van der Waals surface area contributed by atoms with Crippen molar-refractivity contribution in [1.29, 1.82) is 0 Å². The highest BCUT2D eigenvalue weighted by Gasteiger charge is 2.44. The molecule has 1 aliphatic carbocycles. The minimum atomic E-state index is -0.106. The van der Waals surface area contributed by atoms with E-state index in [1.54, 1.807) is 0 Å². The van der Waals surface area contributed by atoms with Crippen LogP contribution in [0.4, 0.5) is 0 Å². The van der Waals surface area contributed by atoms with Crippen molar-refractivity contribution < 1.29 is 0 Å². The SMILES string of the molecule is Cn1c(S)nnc1C(C)(c1cccc(Br)c1)C1CCC1. The summed E-state index contributed by atoms with van der Waals surface area (Å²) in [6, 6.07) is 8.54. The molecular weight excluding hydrogens is 334 g/mol. The van der Waals surface area contributed by atoms with E-state index in [-0.39, 0.29) is 5.41 Å². The van der Waals surface area contributed by atoms with Gasteiger partial charge in [-0.25, -0.2) is 0 Å². The predicted molar refractivity (Wildman–Crippen MR) is 86.2 cm³/mol. The van der Waals surface area contributed by atoms with Crippen molar-refractivity contribution in [1.82, 2.24) is 14.8 Å². The van der Waals surface area contributed by atoms with Crippen molar-refractivity contribution in [2.45, 2.75) is 36.8 Å². The smallest absolute Gasteiger partial charge is 0.187 e. The fraction of sp³-hybridized carbons (Fsp3) is 0.467. The Morgan fingerprint density at radius 3 is 2.60 bits per heavy atom. The minimum absolute atomic E-state index is 0.106. The lowest BCUT2D eigenvalue weighted by molar-refractivity contribution is 0.199. The van der Waals surface area contributed by atoms with Gasteiger partial charge in [-0.05, 0) is 43.4 Å².